The zero-order valence-electron chi connectivity index (χ0n) is 16.2. The number of ether oxygens (including phenoxy) is 3. The van der Waals surface area contributed by atoms with Crippen molar-refractivity contribution in [1.29, 1.82) is 0 Å². The van der Waals surface area contributed by atoms with E-state index in [9.17, 15) is 14.4 Å². The molecule has 30 heavy (non-hydrogen) atoms. The van der Waals surface area contributed by atoms with Gasteiger partial charge in [-0.3, -0.25) is 9.59 Å². The number of amides is 1. The molecule has 0 spiro atoms. The predicted molar refractivity (Wildman–Crippen MR) is 107 cm³/mol. The monoisotopic (exact) mass is 409 g/mol. The summed E-state index contributed by atoms with van der Waals surface area (Å²) in [5.41, 5.74) is 0.730. The first kappa shape index (κ1) is 19.5. The van der Waals surface area contributed by atoms with Gasteiger partial charge in [-0.2, -0.15) is 0 Å². The smallest absolute Gasteiger partial charge is 0.374 e. The van der Waals surface area contributed by atoms with Crippen molar-refractivity contribution in [1.82, 2.24) is 5.32 Å². The van der Waals surface area contributed by atoms with Crippen molar-refractivity contribution in [3.63, 3.8) is 0 Å². The van der Waals surface area contributed by atoms with Crippen molar-refractivity contribution < 1.29 is 28.2 Å². The molecule has 4 rings (SSSR count). The summed E-state index contributed by atoms with van der Waals surface area (Å²) in [6, 6.07) is 12.7. The summed E-state index contributed by atoms with van der Waals surface area (Å²) in [6.07, 6.45) is 0. The average Bonchev–Trinajstić information content (AvgIpc) is 2.77. The molecule has 154 valence electrons. The minimum absolute atomic E-state index is 0.258. The SMILES string of the molecule is CC(NC(=O)COC(=O)c1cc(=O)c2ccccc2o1)c1ccc2c(c1)OCCO2. The van der Waals surface area contributed by atoms with Gasteiger partial charge < -0.3 is 23.9 Å². The molecule has 1 aliphatic rings. The lowest BCUT2D eigenvalue weighted by molar-refractivity contribution is -0.124. The highest BCUT2D eigenvalue weighted by Crippen LogP contribution is 2.32. The summed E-state index contributed by atoms with van der Waals surface area (Å²) in [5.74, 6) is -0.354. The maximum atomic E-state index is 12.2. The summed E-state index contributed by atoms with van der Waals surface area (Å²) in [4.78, 5) is 36.5. The number of para-hydroxylation sites is 1. The van der Waals surface area contributed by atoms with E-state index in [0.29, 0.717) is 30.1 Å². The number of rotatable bonds is 5. The Kier molecular flexibility index (Phi) is 5.38. The van der Waals surface area contributed by atoms with Gasteiger partial charge in [-0.1, -0.05) is 18.2 Å². The van der Waals surface area contributed by atoms with Crippen LogP contribution >= 0.6 is 0 Å². The standard InChI is InChI=1S/C22H19NO7/c1-13(14-6-7-18-19(10-14)28-9-8-27-18)23-21(25)12-29-22(26)20-11-16(24)15-4-2-3-5-17(15)30-20/h2-7,10-11,13H,8-9,12H2,1H3,(H,23,25). The quantitative estimate of drug-likeness (QED) is 0.646. The van der Waals surface area contributed by atoms with Crippen LogP contribution in [0.5, 0.6) is 11.5 Å². The second-order valence-corrected chi connectivity index (χ2v) is 6.74. The van der Waals surface area contributed by atoms with Gasteiger partial charge in [0.25, 0.3) is 5.91 Å². The molecule has 2 heterocycles. The van der Waals surface area contributed by atoms with E-state index in [1.165, 1.54) is 0 Å². The molecule has 0 radical (unpaired) electrons. The first-order valence-electron chi connectivity index (χ1n) is 9.40. The summed E-state index contributed by atoms with van der Waals surface area (Å²) >= 11 is 0. The molecule has 1 N–H and O–H groups in total. The molecule has 3 aromatic rings. The Bertz CT molecular complexity index is 1170. The number of fused-ring (bicyclic) bond motifs is 2. The number of hydrogen-bond acceptors (Lipinski definition) is 7. The summed E-state index contributed by atoms with van der Waals surface area (Å²) in [7, 11) is 0. The number of carbonyl (C=O) groups is 2. The maximum Gasteiger partial charge on any atom is 0.374 e. The van der Waals surface area contributed by atoms with E-state index >= 15 is 0 Å². The van der Waals surface area contributed by atoms with Crippen molar-refractivity contribution in [3.05, 3.63) is 70.1 Å². The first-order chi connectivity index (χ1) is 14.5. The van der Waals surface area contributed by atoms with E-state index in [1.54, 1.807) is 43.3 Å². The van der Waals surface area contributed by atoms with Crippen molar-refractivity contribution in [2.45, 2.75) is 13.0 Å². The topological polar surface area (TPSA) is 104 Å². The fourth-order valence-corrected chi connectivity index (χ4v) is 3.10. The third-order valence-electron chi connectivity index (χ3n) is 4.61. The van der Waals surface area contributed by atoms with Crippen LogP contribution in [0.4, 0.5) is 0 Å². The zero-order chi connectivity index (χ0) is 21.1. The Balaban J connectivity index is 1.36. The number of hydrogen-bond donors (Lipinski definition) is 1. The Hall–Kier alpha value is -3.81. The molecule has 8 nitrogen and oxygen atoms in total. The normalized spacial score (nSPS) is 13.5. The van der Waals surface area contributed by atoms with Gasteiger partial charge in [-0.15, -0.1) is 0 Å². The third kappa shape index (κ3) is 4.12. The fraction of sp³-hybridized carbons (Fsp3) is 0.227. The van der Waals surface area contributed by atoms with Crippen LogP contribution in [0.15, 0.2) is 57.7 Å². The van der Waals surface area contributed by atoms with E-state index in [1.807, 2.05) is 6.07 Å². The van der Waals surface area contributed by atoms with Crippen LogP contribution in [0.1, 0.15) is 29.1 Å². The number of carbonyl (C=O) groups excluding carboxylic acids is 2. The van der Waals surface area contributed by atoms with Gasteiger partial charge in [0.2, 0.25) is 5.76 Å². The Labute approximate surface area is 171 Å². The van der Waals surface area contributed by atoms with Crippen molar-refractivity contribution in [2.24, 2.45) is 0 Å². The van der Waals surface area contributed by atoms with Gasteiger partial charge >= 0.3 is 5.97 Å². The van der Waals surface area contributed by atoms with Crippen molar-refractivity contribution >= 4 is 22.8 Å². The van der Waals surface area contributed by atoms with Gasteiger partial charge in [0.1, 0.15) is 18.8 Å². The van der Waals surface area contributed by atoms with Crippen LogP contribution in [-0.2, 0) is 9.53 Å². The molecule has 0 aliphatic carbocycles. The molecule has 0 saturated heterocycles. The highest BCUT2D eigenvalue weighted by molar-refractivity contribution is 5.90. The minimum atomic E-state index is -0.889. The largest absolute Gasteiger partial charge is 0.486 e. The molecule has 0 fully saturated rings. The van der Waals surface area contributed by atoms with E-state index in [0.717, 1.165) is 11.6 Å². The lowest BCUT2D eigenvalue weighted by Gasteiger charge is -2.21. The second kappa shape index (κ2) is 8.28. The van der Waals surface area contributed by atoms with E-state index < -0.39 is 18.5 Å². The lowest BCUT2D eigenvalue weighted by atomic mass is 10.1. The second-order valence-electron chi connectivity index (χ2n) is 6.74. The van der Waals surface area contributed by atoms with Crippen LogP contribution in [0.2, 0.25) is 0 Å². The van der Waals surface area contributed by atoms with E-state index in [4.69, 9.17) is 18.6 Å². The van der Waals surface area contributed by atoms with Gasteiger partial charge in [-0.25, -0.2) is 4.79 Å². The lowest BCUT2D eigenvalue weighted by Crippen LogP contribution is -2.31. The molecular formula is C22H19NO7. The van der Waals surface area contributed by atoms with Crippen molar-refractivity contribution in [2.75, 3.05) is 19.8 Å². The molecule has 1 atom stereocenters. The summed E-state index contributed by atoms with van der Waals surface area (Å²) < 4.78 is 21.4. The average molecular weight is 409 g/mol. The van der Waals surface area contributed by atoms with Crippen LogP contribution in [-0.4, -0.2) is 31.7 Å². The van der Waals surface area contributed by atoms with Crippen molar-refractivity contribution in [3.8, 4) is 11.5 Å². The van der Waals surface area contributed by atoms with Crippen LogP contribution < -0.4 is 20.2 Å². The first-order valence-corrected chi connectivity index (χ1v) is 9.40. The Morgan fingerprint density at radius 3 is 2.67 bits per heavy atom. The van der Waals surface area contributed by atoms with Gasteiger partial charge in [-0.05, 0) is 36.8 Å². The predicted octanol–water partition coefficient (Wildman–Crippen LogP) is 2.60. The molecule has 0 saturated carbocycles. The number of esters is 1. The van der Waals surface area contributed by atoms with Crippen LogP contribution in [0.25, 0.3) is 11.0 Å². The molecule has 1 amide bonds. The third-order valence-corrected chi connectivity index (χ3v) is 4.61. The van der Waals surface area contributed by atoms with E-state index in [-0.39, 0.29) is 22.8 Å². The molecule has 8 heteroatoms. The van der Waals surface area contributed by atoms with Gasteiger partial charge in [0.05, 0.1) is 11.4 Å². The van der Waals surface area contributed by atoms with Crippen LogP contribution in [0.3, 0.4) is 0 Å². The Morgan fingerprint density at radius 2 is 1.83 bits per heavy atom. The molecule has 1 aliphatic heterocycles. The Morgan fingerprint density at radius 1 is 1.07 bits per heavy atom. The molecule has 1 unspecified atom stereocenters. The minimum Gasteiger partial charge on any atom is -0.486 e. The fourth-order valence-electron chi connectivity index (χ4n) is 3.10. The van der Waals surface area contributed by atoms with Gasteiger partial charge in [0.15, 0.2) is 23.5 Å². The number of benzene rings is 2. The van der Waals surface area contributed by atoms with Crippen LogP contribution in [0, 0.1) is 0 Å². The molecular weight excluding hydrogens is 390 g/mol. The summed E-state index contributed by atoms with van der Waals surface area (Å²) in [6.45, 7) is 2.26. The zero-order valence-corrected chi connectivity index (χ0v) is 16.2. The maximum absolute atomic E-state index is 12.2. The number of nitrogens with one attached hydrogen (secondary N) is 1. The highest BCUT2D eigenvalue weighted by atomic mass is 16.6. The van der Waals surface area contributed by atoms with Gasteiger partial charge in [0, 0.05) is 6.07 Å². The molecule has 1 aromatic heterocycles. The summed E-state index contributed by atoms with van der Waals surface area (Å²) in [5, 5.41) is 3.11. The highest BCUT2D eigenvalue weighted by Gasteiger charge is 2.18. The molecule has 2 aromatic carbocycles. The van der Waals surface area contributed by atoms with E-state index in [2.05, 4.69) is 5.32 Å². The molecule has 0 bridgehead atoms.